The second kappa shape index (κ2) is 5.14. The smallest absolute Gasteiger partial charge is 0.319 e. The predicted octanol–water partition coefficient (Wildman–Crippen LogP) is 3.44. The Kier molecular flexibility index (Phi) is 4.85. The third kappa shape index (κ3) is 3.26. The van der Waals surface area contributed by atoms with E-state index in [1.54, 1.807) is 0 Å². The van der Waals surface area contributed by atoms with Crippen LogP contribution in [0, 0.1) is 5.82 Å². The van der Waals surface area contributed by atoms with Gasteiger partial charge in [-0.25, -0.2) is 4.39 Å². The van der Waals surface area contributed by atoms with E-state index in [1.807, 2.05) is 0 Å². The molecule has 0 unspecified atom stereocenters. The summed E-state index contributed by atoms with van der Waals surface area (Å²) >= 11 is 0. The molecule has 1 nitrogen and oxygen atoms in total. The Labute approximate surface area is 99.0 Å². The van der Waals surface area contributed by atoms with Crippen molar-refractivity contribution in [3.63, 3.8) is 0 Å². The lowest BCUT2D eigenvalue weighted by atomic mass is 10.0. The number of halogens is 7. The number of hydrogen-bond acceptors (Lipinski definition) is 1. The van der Waals surface area contributed by atoms with E-state index >= 15 is 0 Å². The van der Waals surface area contributed by atoms with Gasteiger partial charge in [0.2, 0.25) is 0 Å². The van der Waals surface area contributed by atoms with Gasteiger partial charge in [0.1, 0.15) is 11.9 Å². The molecule has 0 aliphatic rings. The van der Waals surface area contributed by atoms with Crippen LogP contribution in [0.1, 0.15) is 11.6 Å². The van der Waals surface area contributed by atoms with Crippen LogP contribution in [-0.2, 0) is 0 Å². The SMILES string of the molecule is Cl.N[C@H](c1ccc(F)cc1)C(F)(F)C(F)(F)F. The number of hydrogen-bond donors (Lipinski definition) is 1. The van der Waals surface area contributed by atoms with E-state index in [0.717, 1.165) is 24.3 Å². The summed E-state index contributed by atoms with van der Waals surface area (Å²) in [7, 11) is 0. The number of alkyl halides is 5. The summed E-state index contributed by atoms with van der Waals surface area (Å²) in [5.74, 6) is -5.79. The summed E-state index contributed by atoms with van der Waals surface area (Å²) in [6.07, 6.45) is -5.74. The Morgan fingerprint density at radius 3 is 1.71 bits per heavy atom. The zero-order valence-electron chi connectivity index (χ0n) is 8.14. The van der Waals surface area contributed by atoms with E-state index < -0.39 is 29.5 Å². The molecule has 0 saturated heterocycles. The fourth-order valence-corrected chi connectivity index (χ4v) is 1.06. The highest BCUT2D eigenvalue weighted by Gasteiger charge is 2.61. The maximum absolute atomic E-state index is 12.8. The molecule has 1 aromatic rings. The Hall–Kier alpha value is -0.950. The molecule has 98 valence electrons. The van der Waals surface area contributed by atoms with Crippen molar-refractivity contribution in [3.05, 3.63) is 35.6 Å². The minimum absolute atomic E-state index is 0. The van der Waals surface area contributed by atoms with E-state index in [0.29, 0.717) is 0 Å². The minimum Gasteiger partial charge on any atom is -0.319 e. The van der Waals surface area contributed by atoms with Gasteiger partial charge in [-0.3, -0.25) is 0 Å². The van der Waals surface area contributed by atoms with Crippen LogP contribution in [0.25, 0.3) is 0 Å². The third-order valence-electron chi connectivity index (χ3n) is 2.00. The van der Waals surface area contributed by atoms with Gasteiger partial charge in [-0.1, -0.05) is 12.1 Å². The first kappa shape index (κ1) is 16.1. The molecule has 1 atom stereocenters. The lowest BCUT2D eigenvalue weighted by molar-refractivity contribution is -0.291. The van der Waals surface area contributed by atoms with Gasteiger partial charge in [0.05, 0.1) is 0 Å². The summed E-state index contributed by atoms with van der Waals surface area (Å²) in [6.45, 7) is 0. The molecule has 0 radical (unpaired) electrons. The molecule has 0 heterocycles. The van der Waals surface area contributed by atoms with E-state index in [9.17, 15) is 26.3 Å². The van der Waals surface area contributed by atoms with Crippen molar-refractivity contribution in [2.45, 2.75) is 18.1 Å². The maximum atomic E-state index is 12.8. The van der Waals surface area contributed by atoms with Crippen molar-refractivity contribution < 1.29 is 26.3 Å². The van der Waals surface area contributed by atoms with Crippen molar-refractivity contribution in [1.29, 1.82) is 0 Å². The maximum Gasteiger partial charge on any atom is 0.455 e. The molecule has 17 heavy (non-hydrogen) atoms. The molecule has 1 rings (SSSR count). The van der Waals surface area contributed by atoms with Crippen LogP contribution in [0.4, 0.5) is 26.3 Å². The zero-order valence-corrected chi connectivity index (χ0v) is 8.96. The van der Waals surface area contributed by atoms with E-state index in [4.69, 9.17) is 5.73 Å². The van der Waals surface area contributed by atoms with Gasteiger partial charge in [0.15, 0.2) is 0 Å². The van der Waals surface area contributed by atoms with Gasteiger partial charge in [-0.2, -0.15) is 22.0 Å². The van der Waals surface area contributed by atoms with Crippen molar-refractivity contribution in [1.82, 2.24) is 0 Å². The summed E-state index contributed by atoms with van der Waals surface area (Å²) in [6, 6.07) is 0.566. The summed E-state index contributed by atoms with van der Waals surface area (Å²) in [5.41, 5.74) is 4.33. The van der Waals surface area contributed by atoms with Gasteiger partial charge < -0.3 is 5.73 Å². The topological polar surface area (TPSA) is 26.0 Å². The lowest BCUT2D eigenvalue weighted by Gasteiger charge is -2.25. The van der Waals surface area contributed by atoms with Crippen LogP contribution in [0.15, 0.2) is 24.3 Å². The zero-order chi connectivity index (χ0) is 12.6. The van der Waals surface area contributed by atoms with Gasteiger partial charge in [-0.15, -0.1) is 12.4 Å². The highest BCUT2D eigenvalue weighted by molar-refractivity contribution is 5.85. The Bertz CT molecular complexity index is 361. The fourth-order valence-electron chi connectivity index (χ4n) is 1.06. The van der Waals surface area contributed by atoms with Crippen molar-refractivity contribution >= 4 is 12.4 Å². The van der Waals surface area contributed by atoms with Crippen LogP contribution in [0.3, 0.4) is 0 Å². The molecule has 0 aromatic heterocycles. The number of benzene rings is 1. The molecule has 2 N–H and O–H groups in total. The molecule has 0 bridgehead atoms. The lowest BCUT2D eigenvalue weighted by Crippen LogP contribution is -2.45. The third-order valence-corrected chi connectivity index (χ3v) is 2.00. The quantitative estimate of drug-likeness (QED) is 0.825. The Morgan fingerprint density at radius 1 is 0.941 bits per heavy atom. The molecular weight excluding hydrogens is 272 g/mol. The van der Waals surface area contributed by atoms with Gasteiger partial charge in [0.25, 0.3) is 0 Å². The molecule has 8 heteroatoms. The summed E-state index contributed by atoms with van der Waals surface area (Å²) in [4.78, 5) is 0. The van der Waals surface area contributed by atoms with E-state index in [-0.39, 0.29) is 12.4 Å². The molecule has 0 amide bonds. The highest BCUT2D eigenvalue weighted by atomic mass is 35.5. The average molecular weight is 280 g/mol. The van der Waals surface area contributed by atoms with Crippen LogP contribution in [0.5, 0.6) is 0 Å². The normalized spacial score (nSPS) is 14.1. The summed E-state index contributed by atoms with van der Waals surface area (Å²) in [5, 5.41) is 0. The van der Waals surface area contributed by atoms with Crippen LogP contribution in [0.2, 0.25) is 0 Å². The highest BCUT2D eigenvalue weighted by Crippen LogP contribution is 2.43. The Morgan fingerprint density at radius 2 is 1.35 bits per heavy atom. The van der Waals surface area contributed by atoms with E-state index in [1.165, 1.54) is 0 Å². The van der Waals surface area contributed by atoms with Crippen LogP contribution in [-0.4, -0.2) is 12.1 Å². The first-order chi connectivity index (χ1) is 7.16. The van der Waals surface area contributed by atoms with Crippen LogP contribution >= 0.6 is 12.4 Å². The second-order valence-electron chi connectivity index (χ2n) is 3.15. The van der Waals surface area contributed by atoms with Gasteiger partial charge in [-0.05, 0) is 17.7 Å². The standard InChI is InChI=1S/C9H7F6N.ClH/c10-6-3-1-5(2-4-6)7(16)8(11,12)9(13,14)15;/h1-4,7H,16H2;1H/t7-;/m1./s1. The monoisotopic (exact) mass is 279 g/mol. The molecule has 1 aromatic carbocycles. The first-order valence-electron chi connectivity index (χ1n) is 4.12. The predicted molar refractivity (Wildman–Crippen MR) is 51.6 cm³/mol. The Balaban J connectivity index is 0.00000256. The first-order valence-corrected chi connectivity index (χ1v) is 4.12. The van der Waals surface area contributed by atoms with Gasteiger partial charge in [0, 0.05) is 0 Å². The minimum atomic E-state index is -5.74. The summed E-state index contributed by atoms with van der Waals surface area (Å²) < 4.78 is 73.8. The van der Waals surface area contributed by atoms with Crippen molar-refractivity contribution in [2.75, 3.05) is 0 Å². The van der Waals surface area contributed by atoms with Crippen molar-refractivity contribution in [3.8, 4) is 0 Å². The van der Waals surface area contributed by atoms with Gasteiger partial charge >= 0.3 is 12.1 Å². The fraction of sp³-hybridized carbons (Fsp3) is 0.333. The number of nitrogens with two attached hydrogens (primary N) is 1. The second-order valence-corrected chi connectivity index (χ2v) is 3.15. The van der Waals surface area contributed by atoms with Crippen molar-refractivity contribution in [2.24, 2.45) is 5.73 Å². The molecule has 0 aliphatic carbocycles. The molecule has 0 spiro atoms. The molecule has 0 aliphatic heterocycles. The molecule has 0 fully saturated rings. The molecular formula is C9H8ClF6N. The molecule has 0 saturated carbocycles. The largest absolute Gasteiger partial charge is 0.455 e. The number of rotatable bonds is 2. The van der Waals surface area contributed by atoms with Crippen LogP contribution < -0.4 is 5.73 Å². The average Bonchev–Trinajstić information content (AvgIpc) is 2.16. The van der Waals surface area contributed by atoms with E-state index in [2.05, 4.69) is 0 Å².